The van der Waals surface area contributed by atoms with Gasteiger partial charge in [0.2, 0.25) is 0 Å². The molecule has 0 aliphatic rings. The fourth-order valence-corrected chi connectivity index (χ4v) is 1.80. The molecule has 1 aromatic heterocycles. The van der Waals surface area contributed by atoms with Crippen molar-refractivity contribution >= 4 is 17.3 Å². The Morgan fingerprint density at radius 1 is 1.38 bits per heavy atom. The zero-order valence-electron chi connectivity index (χ0n) is 11.2. The summed E-state index contributed by atoms with van der Waals surface area (Å²) in [5.41, 5.74) is 1.91. The Labute approximate surface area is 120 Å². The van der Waals surface area contributed by atoms with Crippen molar-refractivity contribution in [3.63, 3.8) is 0 Å². The number of aromatic nitrogens is 1. The molecule has 0 unspecified atom stereocenters. The summed E-state index contributed by atoms with van der Waals surface area (Å²) in [7, 11) is 0. The van der Waals surface area contributed by atoms with Gasteiger partial charge in [-0.15, -0.1) is 0 Å². The van der Waals surface area contributed by atoms with Crippen LogP contribution < -0.4 is 5.32 Å². The van der Waals surface area contributed by atoms with E-state index in [2.05, 4.69) is 10.3 Å². The molecule has 0 aliphatic carbocycles. The Hall–Kier alpha value is -2.96. The Kier molecular flexibility index (Phi) is 4.13. The molecule has 0 saturated heterocycles. The van der Waals surface area contributed by atoms with Crippen molar-refractivity contribution in [2.75, 3.05) is 5.32 Å². The van der Waals surface area contributed by atoms with E-state index in [9.17, 15) is 14.9 Å². The third-order valence-corrected chi connectivity index (χ3v) is 2.88. The molecule has 21 heavy (non-hydrogen) atoms. The van der Waals surface area contributed by atoms with Gasteiger partial charge >= 0.3 is 5.97 Å². The highest BCUT2D eigenvalue weighted by atomic mass is 16.6. The summed E-state index contributed by atoms with van der Waals surface area (Å²) < 4.78 is 0. The van der Waals surface area contributed by atoms with Crippen LogP contribution in [-0.2, 0) is 6.54 Å². The van der Waals surface area contributed by atoms with Gasteiger partial charge in [0, 0.05) is 18.8 Å². The molecule has 7 nitrogen and oxygen atoms in total. The quantitative estimate of drug-likeness (QED) is 0.646. The second-order valence-corrected chi connectivity index (χ2v) is 4.49. The Morgan fingerprint density at radius 3 is 2.71 bits per heavy atom. The van der Waals surface area contributed by atoms with E-state index in [-0.39, 0.29) is 11.4 Å². The number of carboxylic acids is 1. The number of nitro groups is 1. The van der Waals surface area contributed by atoms with E-state index in [0.29, 0.717) is 12.2 Å². The van der Waals surface area contributed by atoms with Crippen molar-refractivity contribution in [2.24, 2.45) is 0 Å². The zero-order valence-corrected chi connectivity index (χ0v) is 11.2. The molecular formula is C14H13N3O4. The summed E-state index contributed by atoms with van der Waals surface area (Å²) in [6.45, 7) is 2.10. The smallest absolute Gasteiger partial charge is 0.354 e. The lowest BCUT2D eigenvalue weighted by molar-refractivity contribution is -0.384. The topological polar surface area (TPSA) is 105 Å². The summed E-state index contributed by atoms with van der Waals surface area (Å²) in [4.78, 5) is 25.0. The van der Waals surface area contributed by atoms with Crippen LogP contribution in [0.4, 0.5) is 11.4 Å². The van der Waals surface area contributed by atoms with Crippen LogP contribution in [0.2, 0.25) is 0 Å². The first kappa shape index (κ1) is 14.4. The normalized spacial score (nSPS) is 10.1. The number of nitro benzene ring substituents is 1. The largest absolute Gasteiger partial charge is 0.477 e. The van der Waals surface area contributed by atoms with Gasteiger partial charge in [-0.3, -0.25) is 10.1 Å². The van der Waals surface area contributed by atoms with E-state index in [0.717, 1.165) is 11.1 Å². The van der Waals surface area contributed by atoms with E-state index in [1.165, 1.54) is 18.3 Å². The van der Waals surface area contributed by atoms with Crippen molar-refractivity contribution in [2.45, 2.75) is 13.5 Å². The van der Waals surface area contributed by atoms with Gasteiger partial charge in [0.15, 0.2) is 0 Å². The molecule has 7 heteroatoms. The van der Waals surface area contributed by atoms with Crippen LogP contribution in [0.5, 0.6) is 0 Å². The lowest BCUT2D eigenvalue weighted by Gasteiger charge is -2.08. The van der Waals surface area contributed by atoms with E-state index >= 15 is 0 Å². The molecule has 0 bridgehead atoms. The number of benzene rings is 1. The lowest BCUT2D eigenvalue weighted by Crippen LogP contribution is -2.05. The molecule has 0 spiro atoms. The number of hydrogen-bond donors (Lipinski definition) is 2. The Bertz CT molecular complexity index is 683. The predicted octanol–water partition coefficient (Wildman–Crippen LogP) is 2.61. The van der Waals surface area contributed by atoms with E-state index in [1.807, 2.05) is 0 Å². The standard InChI is InChI=1S/C14H13N3O4/c1-9-2-4-11(13(6-9)17(20)21)15-7-10-3-5-12(14(18)19)16-8-10/h2-6,8,15H,7H2,1H3,(H,18,19). The molecule has 2 aromatic rings. The van der Waals surface area contributed by atoms with E-state index < -0.39 is 10.9 Å². The predicted molar refractivity (Wildman–Crippen MR) is 76.4 cm³/mol. The molecule has 108 valence electrons. The maximum Gasteiger partial charge on any atom is 0.354 e. The van der Waals surface area contributed by atoms with Crippen molar-refractivity contribution in [3.05, 3.63) is 63.5 Å². The summed E-state index contributed by atoms with van der Waals surface area (Å²) in [6, 6.07) is 7.92. The molecule has 0 atom stereocenters. The number of anilines is 1. The number of nitrogens with zero attached hydrogens (tertiary/aromatic N) is 2. The van der Waals surface area contributed by atoms with Gasteiger partial charge in [0.05, 0.1) is 4.92 Å². The van der Waals surface area contributed by atoms with Crippen molar-refractivity contribution < 1.29 is 14.8 Å². The van der Waals surface area contributed by atoms with Gasteiger partial charge in [0.1, 0.15) is 11.4 Å². The van der Waals surface area contributed by atoms with Gasteiger partial charge in [-0.1, -0.05) is 12.1 Å². The Morgan fingerprint density at radius 2 is 2.14 bits per heavy atom. The highest BCUT2D eigenvalue weighted by Gasteiger charge is 2.13. The first-order valence-corrected chi connectivity index (χ1v) is 6.14. The highest BCUT2D eigenvalue weighted by Crippen LogP contribution is 2.25. The van der Waals surface area contributed by atoms with E-state index in [4.69, 9.17) is 5.11 Å². The average molecular weight is 287 g/mol. The molecule has 0 fully saturated rings. The highest BCUT2D eigenvalue weighted by molar-refractivity contribution is 5.85. The van der Waals surface area contributed by atoms with Crippen molar-refractivity contribution in [3.8, 4) is 0 Å². The molecular weight excluding hydrogens is 274 g/mol. The molecule has 2 N–H and O–H groups in total. The van der Waals surface area contributed by atoms with Gasteiger partial charge in [-0.05, 0) is 30.2 Å². The maximum absolute atomic E-state index is 11.0. The fourth-order valence-electron chi connectivity index (χ4n) is 1.80. The van der Waals surface area contributed by atoms with Gasteiger partial charge < -0.3 is 10.4 Å². The second kappa shape index (κ2) is 6.00. The number of pyridine rings is 1. The monoisotopic (exact) mass is 287 g/mol. The number of nitrogens with one attached hydrogen (secondary N) is 1. The van der Waals surface area contributed by atoms with Crippen LogP contribution in [0.3, 0.4) is 0 Å². The van der Waals surface area contributed by atoms with Crippen LogP contribution in [0.1, 0.15) is 21.6 Å². The van der Waals surface area contributed by atoms with Crippen LogP contribution in [0, 0.1) is 17.0 Å². The molecule has 1 aromatic carbocycles. The number of rotatable bonds is 5. The molecule has 0 radical (unpaired) electrons. The minimum atomic E-state index is -1.09. The summed E-state index contributed by atoms with van der Waals surface area (Å²) in [5, 5.41) is 22.7. The average Bonchev–Trinajstić information content (AvgIpc) is 2.46. The fraction of sp³-hybridized carbons (Fsp3) is 0.143. The molecule has 1 heterocycles. The van der Waals surface area contributed by atoms with E-state index in [1.54, 1.807) is 25.1 Å². The van der Waals surface area contributed by atoms with Gasteiger partial charge in [0.25, 0.3) is 5.69 Å². The number of hydrogen-bond acceptors (Lipinski definition) is 5. The molecule has 2 rings (SSSR count). The summed E-state index contributed by atoms with van der Waals surface area (Å²) >= 11 is 0. The van der Waals surface area contributed by atoms with Crippen LogP contribution in [0.15, 0.2) is 36.5 Å². The van der Waals surface area contributed by atoms with Crippen molar-refractivity contribution in [1.29, 1.82) is 0 Å². The number of aromatic carboxylic acids is 1. The third-order valence-electron chi connectivity index (χ3n) is 2.88. The van der Waals surface area contributed by atoms with Crippen LogP contribution >= 0.6 is 0 Å². The summed E-state index contributed by atoms with van der Waals surface area (Å²) in [5.74, 6) is -1.09. The first-order chi connectivity index (χ1) is 9.97. The van der Waals surface area contributed by atoms with Gasteiger partial charge in [-0.2, -0.15) is 0 Å². The molecule has 0 amide bonds. The first-order valence-electron chi connectivity index (χ1n) is 6.14. The third kappa shape index (κ3) is 3.53. The maximum atomic E-state index is 11.0. The summed E-state index contributed by atoms with van der Waals surface area (Å²) in [6.07, 6.45) is 1.43. The minimum absolute atomic E-state index is 0.00474. The zero-order chi connectivity index (χ0) is 15.4. The molecule has 0 saturated carbocycles. The Balaban J connectivity index is 2.13. The number of aryl methyl sites for hydroxylation is 1. The lowest BCUT2D eigenvalue weighted by atomic mass is 10.2. The van der Waals surface area contributed by atoms with Gasteiger partial charge in [-0.25, -0.2) is 9.78 Å². The SMILES string of the molecule is Cc1ccc(NCc2ccc(C(=O)O)nc2)c([N+](=O)[O-])c1. The minimum Gasteiger partial charge on any atom is -0.477 e. The van der Waals surface area contributed by atoms with Crippen molar-refractivity contribution in [1.82, 2.24) is 4.98 Å². The second-order valence-electron chi connectivity index (χ2n) is 4.49. The number of carboxylic acid groups (broad SMARTS) is 1. The van der Waals surface area contributed by atoms with Crippen LogP contribution in [-0.4, -0.2) is 21.0 Å². The number of carbonyl (C=O) groups is 1. The molecule has 0 aliphatic heterocycles. The van der Waals surface area contributed by atoms with Crippen LogP contribution in [0.25, 0.3) is 0 Å².